The molecule has 22 heavy (non-hydrogen) atoms. The quantitative estimate of drug-likeness (QED) is 0.462. The van der Waals surface area contributed by atoms with Crippen LogP contribution in [0.4, 0.5) is 11.5 Å². The average Bonchev–Trinajstić information content (AvgIpc) is 2.55. The van der Waals surface area contributed by atoms with Crippen molar-refractivity contribution in [2.24, 2.45) is 0 Å². The highest BCUT2D eigenvalue weighted by atomic mass is 16.6. The molecule has 0 saturated carbocycles. The number of nitro benzene ring substituents is 1. The summed E-state index contributed by atoms with van der Waals surface area (Å²) in [7, 11) is 0. The summed E-state index contributed by atoms with van der Waals surface area (Å²) in [6.07, 6.45) is 1.40. The van der Waals surface area contributed by atoms with E-state index in [1.54, 1.807) is 12.1 Å². The van der Waals surface area contributed by atoms with Crippen LogP contribution in [0.5, 0.6) is 0 Å². The summed E-state index contributed by atoms with van der Waals surface area (Å²) < 4.78 is 0. The van der Waals surface area contributed by atoms with E-state index < -0.39 is 4.92 Å². The minimum absolute atomic E-state index is 0.0386. The van der Waals surface area contributed by atoms with Crippen molar-refractivity contribution in [3.63, 3.8) is 0 Å². The van der Waals surface area contributed by atoms with Gasteiger partial charge in [0.15, 0.2) is 5.82 Å². The topological polar surface area (TPSA) is 101 Å². The van der Waals surface area contributed by atoms with Crippen LogP contribution in [0.1, 0.15) is 19.0 Å². The Labute approximate surface area is 128 Å². The molecule has 2 aromatic rings. The number of hydrogen-bond donors (Lipinski definition) is 2. The van der Waals surface area contributed by atoms with E-state index in [1.165, 1.54) is 12.1 Å². The van der Waals surface area contributed by atoms with Crippen LogP contribution in [-0.2, 0) is 6.42 Å². The molecule has 0 fully saturated rings. The van der Waals surface area contributed by atoms with Crippen LogP contribution in [-0.4, -0.2) is 33.1 Å². The second-order valence-electron chi connectivity index (χ2n) is 4.73. The number of aryl methyl sites for hydroxylation is 1. The number of non-ortho nitro benzene ring substituents is 1. The number of aromatic nitrogens is 2. The van der Waals surface area contributed by atoms with Crippen molar-refractivity contribution in [3.05, 3.63) is 46.1 Å². The van der Waals surface area contributed by atoms with Gasteiger partial charge in [-0.15, -0.1) is 0 Å². The van der Waals surface area contributed by atoms with Crippen molar-refractivity contribution >= 4 is 11.5 Å². The van der Waals surface area contributed by atoms with E-state index in [0.29, 0.717) is 24.6 Å². The Bertz CT molecular complexity index is 644. The van der Waals surface area contributed by atoms with Gasteiger partial charge in [0.05, 0.1) is 4.92 Å². The van der Waals surface area contributed by atoms with Crippen LogP contribution in [0.15, 0.2) is 30.3 Å². The first-order valence-electron chi connectivity index (χ1n) is 7.11. The predicted octanol–water partition coefficient (Wildman–Crippen LogP) is 2.41. The molecule has 0 aliphatic rings. The van der Waals surface area contributed by atoms with Gasteiger partial charge in [0, 0.05) is 42.6 Å². The number of benzene rings is 1. The molecule has 1 aromatic heterocycles. The second kappa shape index (κ2) is 7.46. The van der Waals surface area contributed by atoms with Gasteiger partial charge in [0.25, 0.3) is 5.69 Å². The number of aliphatic hydroxyl groups is 1. The van der Waals surface area contributed by atoms with Crippen LogP contribution in [0, 0.1) is 10.1 Å². The van der Waals surface area contributed by atoms with E-state index in [0.717, 1.165) is 17.7 Å². The normalized spacial score (nSPS) is 10.5. The van der Waals surface area contributed by atoms with E-state index in [1.807, 2.05) is 13.0 Å². The SMILES string of the molecule is CCc1cc(NCCCO)nc(-c2ccc([N+](=O)[O-])cc2)n1. The lowest BCUT2D eigenvalue weighted by Crippen LogP contribution is -2.07. The van der Waals surface area contributed by atoms with Crippen LogP contribution in [0.25, 0.3) is 11.4 Å². The Balaban J connectivity index is 2.28. The molecule has 2 N–H and O–H groups in total. The maximum absolute atomic E-state index is 10.7. The number of nitrogens with zero attached hydrogens (tertiary/aromatic N) is 3. The van der Waals surface area contributed by atoms with Crippen molar-refractivity contribution in [1.29, 1.82) is 0 Å². The average molecular weight is 302 g/mol. The van der Waals surface area contributed by atoms with Gasteiger partial charge in [-0.1, -0.05) is 6.92 Å². The van der Waals surface area contributed by atoms with Crippen LogP contribution in [0.2, 0.25) is 0 Å². The van der Waals surface area contributed by atoms with Gasteiger partial charge >= 0.3 is 0 Å². The van der Waals surface area contributed by atoms with Crippen LogP contribution in [0.3, 0.4) is 0 Å². The molecule has 0 aliphatic heterocycles. The summed E-state index contributed by atoms with van der Waals surface area (Å²) in [4.78, 5) is 19.1. The molecule has 7 nitrogen and oxygen atoms in total. The number of nitro groups is 1. The summed E-state index contributed by atoms with van der Waals surface area (Å²) in [6.45, 7) is 2.74. The molecule has 0 unspecified atom stereocenters. The first kappa shape index (κ1) is 15.8. The maximum atomic E-state index is 10.7. The number of anilines is 1. The fourth-order valence-corrected chi connectivity index (χ4v) is 1.93. The predicted molar refractivity (Wildman–Crippen MR) is 83.7 cm³/mol. The minimum atomic E-state index is -0.436. The minimum Gasteiger partial charge on any atom is -0.396 e. The fourth-order valence-electron chi connectivity index (χ4n) is 1.93. The zero-order valence-corrected chi connectivity index (χ0v) is 12.3. The highest BCUT2D eigenvalue weighted by molar-refractivity contribution is 5.59. The molecule has 0 atom stereocenters. The Morgan fingerprint density at radius 2 is 2.00 bits per heavy atom. The molecule has 0 aliphatic carbocycles. The summed E-state index contributed by atoms with van der Waals surface area (Å²) in [6, 6.07) is 8.04. The Morgan fingerprint density at radius 1 is 1.27 bits per heavy atom. The molecule has 2 rings (SSSR count). The first-order chi connectivity index (χ1) is 10.6. The Morgan fingerprint density at radius 3 is 2.59 bits per heavy atom. The van der Waals surface area contributed by atoms with Crippen molar-refractivity contribution in [2.75, 3.05) is 18.5 Å². The number of nitrogens with one attached hydrogen (secondary N) is 1. The van der Waals surface area contributed by atoms with E-state index in [-0.39, 0.29) is 12.3 Å². The van der Waals surface area contributed by atoms with E-state index >= 15 is 0 Å². The van der Waals surface area contributed by atoms with Gasteiger partial charge in [0.1, 0.15) is 5.82 Å². The van der Waals surface area contributed by atoms with Crippen molar-refractivity contribution in [2.45, 2.75) is 19.8 Å². The molecule has 1 heterocycles. The first-order valence-corrected chi connectivity index (χ1v) is 7.11. The molecule has 116 valence electrons. The smallest absolute Gasteiger partial charge is 0.269 e. The highest BCUT2D eigenvalue weighted by Gasteiger charge is 2.09. The van der Waals surface area contributed by atoms with Gasteiger partial charge in [-0.05, 0) is 25.0 Å². The molecule has 0 bridgehead atoms. The molecule has 0 amide bonds. The lowest BCUT2D eigenvalue weighted by atomic mass is 10.2. The summed E-state index contributed by atoms with van der Waals surface area (Å²) in [5.74, 6) is 1.22. The third-order valence-electron chi connectivity index (χ3n) is 3.12. The highest BCUT2D eigenvalue weighted by Crippen LogP contribution is 2.21. The van der Waals surface area contributed by atoms with Crippen LogP contribution < -0.4 is 5.32 Å². The molecule has 0 saturated heterocycles. The molecular formula is C15H18N4O3. The van der Waals surface area contributed by atoms with Gasteiger partial charge in [-0.3, -0.25) is 10.1 Å². The Kier molecular flexibility index (Phi) is 5.37. The molecular weight excluding hydrogens is 284 g/mol. The van der Waals surface area contributed by atoms with E-state index in [4.69, 9.17) is 5.11 Å². The van der Waals surface area contributed by atoms with Gasteiger partial charge in [-0.25, -0.2) is 9.97 Å². The van der Waals surface area contributed by atoms with Gasteiger partial charge in [0.2, 0.25) is 0 Å². The third kappa shape index (κ3) is 3.98. The van der Waals surface area contributed by atoms with E-state index in [2.05, 4.69) is 15.3 Å². The number of rotatable bonds is 7. The third-order valence-corrected chi connectivity index (χ3v) is 3.12. The Hall–Kier alpha value is -2.54. The molecule has 1 aromatic carbocycles. The zero-order valence-electron chi connectivity index (χ0n) is 12.3. The maximum Gasteiger partial charge on any atom is 0.269 e. The lowest BCUT2D eigenvalue weighted by Gasteiger charge is -2.09. The van der Waals surface area contributed by atoms with Crippen molar-refractivity contribution in [3.8, 4) is 11.4 Å². The van der Waals surface area contributed by atoms with Crippen LogP contribution >= 0.6 is 0 Å². The summed E-state index contributed by atoms with van der Waals surface area (Å²) >= 11 is 0. The summed E-state index contributed by atoms with van der Waals surface area (Å²) in [5, 5.41) is 22.7. The molecule has 0 spiro atoms. The van der Waals surface area contributed by atoms with Gasteiger partial charge < -0.3 is 10.4 Å². The number of aliphatic hydroxyl groups excluding tert-OH is 1. The second-order valence-corrected chi connectivity index (χ2v) is 4.73. The van der Waals surface area contributed by atoms with Gasteiger partial charge in [-0.2, -0.15) is 0 Å². The molecule has 7 heteroatoms. The fraction of sp³-hybridized carbons (Fsp3) is 0.333. The van der Waals surface area contributed by atoms with Crippen molar-refractivity contribution in [1.82, 2.24) is 9.97 Å². The molecule has 0 radical (unpaired) electrons. The van der Waals surface area contributed by atoms with E-state index in [9.17, 15) is 10.1 Å². The largest absolute Gasteiger partial charge is 0.396 e. The number of hydrogen-bond acceptors (Lipinski definition) is 6. The zero-order chi connectivity index (χ0) is 15.9. The summed E-state index contributed by atoms with van der Waals surface area (Å²) in [5.41, 5.74) is 1.65. The lowest BCUT2D eigenvalue weighted by molar-refractivity contribution is -0.384. The van der Waals surface area contributed by atoms with Crippen molar-refractivity contribution < 1.29 is 10.0 Å². The monoisotopic (exact) mass is 302 g/mol. The standard InChI is InChI=1S/C15H18N4O3/c1-2-12-10-14(16-8-3-9-20)18-15(17-12)11-4-6-13(7-5-11)19(21)22/h4-7,10,20H,2-3,8-9H2,1H3,(H,16,17,18).